The summed E-state index contributed by atoms with van der Waals surface area (Å²) in [5.74, 6) is 1.29. The molecule has 132 valence electrons. The molecule has 0 amide bonds. The number of aromatic nitrogens is 2. The van der Waals surface area contributed by atoms with Crippen molar-refractivity contribution in [3.8, 4) is 5.75 Å². The van der Waals surface area contributed by atoms with Gasteiger partial charge in [0.05, 0.1) is 17.6 Å². The lowest BCUT2D eigenvalue weighted by Gasteiger charge is -2.16. The van der Waals surface area contributed by atoms with Gasteiger partial charge >= 0.3 is 0 Å². The molecule has 0 saturated carbocycles. The summed E-state index contributed by atoms with van der Waals surface area (Å²) < 4.78 is 7.71. The highest BCUT2D eigenvalue weighted by atomic mass is 16.5. The van der Waals surface area contributed by atoms with Gasteiger partial charge in [0.25, 0.3) is 0 Å². The van der Waals surface area contributed by atoms with Crippen LogP contribution in [-0.4, -0.2) is 32.5 Å². The van der Waals surface area contributed by atoms with Crippen molar-refractivity contribution in [3.05, 3.63) is 72.6 Å². The fraction of sp³-hybridized carbons (Fsp3) is 0.190. The summed E-state index contributed by atoms with van der Waals surface area (Å²) in [6.45, 7) is 0.290. The summed E-state index contributed by atoms with van der Waals surface area (Å²) in [6, 6.07) is 21.5. The summed E-state index contributed by atoms with van der Waals surface area (Å²) in [5, 5.41) is 22.2. The van der Waals surface area contributed by atoms with Gasteiger partial charge < -0.3 is 19.5 Å². The molecule has 1 heterocycles. The third-order valence-electron chi connectivity index (χ3n) is 4.45. The first-order chi connectivity index (χ1) is 12.8. The van der Waals surface area contributed by atoms with Crippen molar-refractivity contribution < 1.29 is 14.9 Å². The van der Waals surface area contributed by atoms with E-state index in [0.717, 1.165) is 27.6 Å². The second kappa shape index (κ2) is 7.15. The highest BCUT2D eigenvalue weighted by Crippen LogP contribution is 2.25. The minimum Gasteiger partial charge on any atom is -0.490 e. The zero-order chi connectivity index (χ0) is 17.9. The van der Waals surface area contributed by atoms with E-state index >= 15 is 0 Å². The molecule has 0 radical (unpaired) electrons. The van der Waals surface area contributed by atoms with Gasteiger partial charge in [0, 0.05) is 5.39 Å². The maximum atomic E-state index is 10.5. The second-order valence-electron chi connectivity index (χ2n) is 6.23. The van der Waals surface area contributed by atoms with Gasteiger partial charge in [-0.1, -0.05) is 48.5 Å². The Hall–Kier alpha value is -2.89. The number of hydrogen-bond donors (Lipinski definition) is 2. The molecule has 5 heteroatoms. The van der Waals surface area contributed by atoms with Crippen molar-refractivity contribution in [3.63, 3.8) is 0 Å². The van der Waals surface area contributed by atoms with Crippen LogP contribution >= 0.6 is 0 Å². The van der Waals surface area contributed by atoms with E-state index < -0.39 is 6.10 Å². The topological polar surface area (TPSA) is 67.5 Å². The van der Waals surface area contributed by atoms with Crippen molar-refractivity contribution in [2.45, 2.75) is 19.3 Å². The van der Waals surface area contributed by atoms with Gasteiger partial charge in [-0.3, -0.25) is 0 Å². The fourth-order valence-electron chi connectivity index (χ4n) is 3.22. The molecule has 0 spiro atoms. The van der Waals surface area contributed by atoms with Crippen molar-refractivity contribution in [1.29, 1.82) is 0 Å². The number of aliphatic hydroxyl groups is 2. The van der Waals surface area contributed by atoms with Crippen molar-refractivity contribution in [2.24, 2.45) is 0 Å². The van der Waals surface area contributed by atoms with Crippen LogP contribution in [-0.2, 0) is 13.2 Å². The highest BCUT2D eigenvalue weighted by Gasteiger charge is 2.14. The van der Waals surface area contributed by atoms with Crippen LogP contribution in [0.15, 0.2) is 66.7 Å². The minimum atomic E-state index is -0.725. The molecule has 0 fully saturated rings. The Morgan fingerprint density at radius 1 is 0.962 bits per heavy atom. The third-order valence-corrected chi connectivity index (χ3v) is 4.45. The first kappa shape index (κ1) is 16.6. The molecule has 0 aliphatic rings. The van der Waals surface area contributed by atoms with E-state index in [9.17, 15) is 10.2 Å². The van der Waals surface area contributed by atoms with Gasteiger partial charge in [-0.05, 0) is 23.6 Å². The third kappa shape index (κ3) is 3.14. The van der Waals surface area contributed by atoms with E-state index in [-0.39, 0.29) is 13.2 Å². The second-order valence-corrected chi connectivity index (χ2v) is 6.23. The number of ether oxygens (including phenoxy) is 1. The molecule has 26 heavy (non-hydrogen) atoms. The van der Waals surface area contributed by atoms with Crippen LogP contribution in [0, 0.1) is 0 Å². The molecule has 4 rings (SSSR count). The molecule has 0 bridgehead atoms. The van der Waals surface area contributed by atoms with Gasteiger partial charge in [0.2, 0.25) is 0 Å². The van der Waals surface area contributed by atoms with Crippen molar-refractivity contribution >= 4 is 21.8 Å². The molecule has 4 aromatic rings. The van der Waals surface area contributed by atoms with Gasteiger partial charge in [0.1, 0.15) is 30.9 Å². The maximum Gasteiger partial charge on any atom is 0.135 e. The Balaban J connectivity index is 1.52. The zero-order valence-electron chi connectivity index (χ0n) is 14.2. The summed E-state index contributed by atoms with van der Waals surface area (Å²) >= 11 is 0. The number of hydrogen-bond acceptors (Lipinski definition) is 4. The molecule has 3 aromatic carbocycles. The Morgan fingerprint density at radius 3 is 2.62 bits per heavy atom. The summed E-state index contributed by atoms with van der Waals surface area (Å²) in [5.41, 5.74) is 1.69. The summed E-state index contributed by atoms with van der Waals surface area (Å²) in [7, 11) is 0. The average Bonchev–Trinajstić information content (AvgIpc) is 3.04. The number of rotatable bonds is 6. The molecule has 0 aliphatic carbocycles. The lowest BCUT2D eigenvalue weighted by Crippen LogP contribution is -2.24. The number of imidazole rings is 1. The molecule has 5 nitrogen and oxygen atoms in total. The number of fused-ring (bicyclic) bond motifs is 2. The lowest BCUT2D eigenvalue weighted by atomic mass is 10.1. The average molecular weight is 348 g/mol. The predicted molar refractivity (Wildman–Crippen MR) is 101 cm³/mol. The fourth-order valence-corrected chi connectivity index (χ4v) is 3.22. The molecule has 1 atom stereocenters. The highest BCUT2D eigenvalue weighted by molar-refractivity contribution is 5.88. The summed E-state index contributed by atoms with van der Waals surface area (Å²) in [6.07, 6.45) is -0.725. The van der Waals surface area contributed by atoms with Crippen LogP contribution in [0.25, 0.3) is 21.8 Å². The van der Waals surface area contributed by atoms with E-state index in [4.69, 9.17) is 4.74 Å². The molecule has 1 aromatic heterocycles. The largest absolute Gasteiger partial charge is 0.490 e. The van der Waals surface area contributed by atoms with E-state index in [1.165, 1.54) is 0 Å². The van der Waals surface area contributed by atoms with Crippen molar-refractivity contribution in [2.75, 3.05) is 6.61 Å². The quantitative estimate of drug-likeness (QED) is 0.562. The van der Waals surface area contributed by atoms with Gasteiger partial charge in [0.15, 0.2) is 0 Å². The van der Waals surface area contributed by atoms with Gasteiger partial charge in [-0.25, -0.2) is 4.98 Å². The van der Waals surface area contributed by atoms with Gasteiger partial charge in [-0.2, -0.15) is 0 Å². The van der Waals surface area contributed by atoms with E-state index in [0.29, 0.717) is 12.4 Å². The predicted octanol–water partition coefficient (Wildman–Crippen LogP) is 3.12. The molecule has 0 aliphatic heterocycles. The van der Waals surface area contributed by atoms with Crippen molar-refractivity contribution in [1.82, 2.24) is 9.55 Å². The lowest BCUT2D eigenvalue weighted by molar-refractivity contribution is 0.0922. The monoisotopic (exact) mass is 348 g/mol. The Labute approximate surface area is 151 Å². The first-order valence-corrected chi connectivity index (χ1v) is 8.60. The van der Waals surface area contributed by atoms with Crippen LogP contribution in [0.5, 0.6) is 5.75 Å². The Morgan fingerprint density at radius 2 is 1.73 bits per heavy atom. The number of aliphatic hydroxyl groups excluding tert-OH is 2. The molecule has 0 saturated heterocycles. The van der Waals surface area contributed by atoms with Crippen LogP contribution < -0.4 is 4.74 Å². The zero-order valence-corrected chi connectivity index (χ0v) is 14.2. The van der Waals surface area contributed by atoms with Crippen LogP contribution in [0.1, 0.15) is 5.82 Å². The molecule has 2 N–H and O–H groups in total. The molecule has 0 unspecified atom stereocenters. The SMILES string of the molecule is OCc1nc2ccccc2n1C[C@H](O)COc1cccc2ccccc12. The minimum absolute atomic E-state index is 0.158. The molecular formula is C21H20N2O3. The number of para-hydroxylation sites is 2. The molecular weight excluding hydrogens is 328 g/mol. The normalized spacial score (nSPS) is 12.5. The van der Waals surface area contributed by atoms with Crippen LogP contribution in [0.2, 0.25) is 0 Å². The summed E-state index contributed by atoms with van der Waals surface area (Å²) in [4.78, 5) is 4.40. The number of nitrogens with zero attached hydrogens (tertiary/aromatic N) is 2. The standard InChI is InChI=1S/C21H20N2O3/c24-13-21-22-18-9-3-4-10-19(18)23(21)12-16(25)14-26-20-11-5-7-15-6-1-2-8-17(15)20/h1-11,16,24-25H,12-14H2/t16-/m0/s1. The van der Waals surface area contributed by atoms with Crippen LogP contribution in [0.3, 0.4) is 0 Å². The first-order valence-electron chi connectivity index (χ1n) is 8.60. The van der Waals surface area contributed by atoms with E-state index in [1.54, 1.807) is 0 Å². The smallest absolute Gasteiger partial charge is 0.135 e. The Bertz CT molecular complexity index is 1040. The van der Waals surface area contributed by atoms with E-state index in [1.807, 2.05) is 71.3 Å². The van der Waals surface area contributed by atoms with E-state index in [2.05, 4.69) is 4.98 Å². The van der Waals surface area contributed by atoms with Crippen LogP contribution in [0.4, 0.5) is 0 Å². The number of benzene rings is 3. The Kier molecular flexibility index (Phi) is 4.56. The van der Waals surface area contributed by atoms with Gasteiger partial charge in [-0.15, -0.1) is 0 Å². The maximum absolute atomic E-state index is 10.5.